The average Bonchev–Trinajstić information content (AvgIpc) is 2.71. The molecular formula is C18H22O. The van der Waals surface area contributed by atoms with E-state index in [-0.39, 0.29) is 0 Å². The molecule has 1 spiro atoms. The quantitative estimate of drug-likeness (QED) is 0.732. The molecule has 19 heavy (non-hydrogen) atoms. The van der Waals surface area contributed by atoms with Gasteiger partial charge in [-0.25, -0.2) is 0 Å². The van der Waals surface area contributed by atoms with E-state index in [1.54, 1.807) is 16.7 Å². The van der Waals surface area contributed by atoms with E-state index in [4.69, 9.17) is 0 Å². The molecule has 0 saturated heterocycles. The first-order valence-corrected chi connectivity index (χ1v) is 7.76. The minimum absolute atomic E-state index is 0.357. The second kappa shape index (κ2) is 3.88. The Balaban J connectivity index is 1.95. The van der Waals surface area contributed by atoms with Gasteiger partial charge in [-0.05, 0) is 74.1 Å². The minimum Gasteiger partial charge on any atom is -0.508 e. The van der Waals surface area contributed by atoms with Crippen LogP contribution in [0.25, 0.3) is 0 Å². The van der Waals surface area contributed by atoms with Crippen molar-refractivity contribution in [2.24, 2.45) is 5.92 Å². The fraction of sp³-hybridized carbons (Fsp3) is 0.556. The second-order valence-electron chi connectivity index (χ2n) is 6.69. The zero-order valence-corrected chi connectivity index (χ0v) is 11.7. The Morgan fingerprint density at radius 2 is 2.21 bits per heavy atom. The zero-order valence-electron chi connectivity index (χ0n) is 11.7. The SMILES string of the molecule is CCC1=C2C[C@H]3Cc4cc(O)ccc4C2(CCC1)C3. The van der Waals surface area contributed by atoms with Crippen molar-refractivity contribution in [1.82, 2.24) is 0 Å². The number of allylic oxidation sites excluding steroid dienone is 2. The van der Waals surface area contributed by atoms with Crippen molar-refractivity contribution in [1.29, 1.82) is 0 Å². The smallest absolute Gasteiger partial charge is 0.115 e. The van der Waals surface area contributed by atoms with Crippen molar-refractivity contribution < 1.29 is 5.11 Å². The average molecular weight is 254 g/mol. The number of hydrogen-bond acceptors (Lipinski definition) is 1. The predicted octanol–water partition coefficient (Wildman–Crippen LogP) is 4.49. The van der Waals surface area contributed by atoms with Crippen molar-refractivity contribution in [2.75, 3.05) is 0 Å². The molecular weight excluding hydrogens is 232 g/mol. The van der Waals surface area contributed by atoms with E-state index in [9.17, 15) is 5.11 Å². The fourth-order valence-electron chi connectivity index (χ4n) is 5.13. The molecule has 1 unspecified atom stereocenters. The molecule has 1 saturated carbocycles. The number of fused-ring (bicyclic) bond motifs is 2. The van der Waals surface area contributed by atoms with Gasteiger partial charge in [-0.2, -0.15) is 0 Å². The summed E-state index contributed by atoms with van der Waals surface area (Å²) in [4.78, 5) is 0. The third kappa shape index (κ3) is 1.47. The summed E-state index contributed by atoms with van der Waals surface area (Å²) in [6, 6.07) is 6.13. The maximum atomic E-state index is 9.76. The molecule has 3 aliphatic carbocycles. The molecule has 0 amide bonds. The largest absolute Gasteiger partial charge is 0.508 e. The first-order valence-electron chi connectivity index (χ1n) is 7.76. The van der Waals surface area contributed by atoms with E-state index < -0.39 is 0 Å². The molecule has 1 nitrogen and oxygen atoms in total. The van der Waals surface area contributed by atoms with Crippen molar-refractivity contribution >= 4 is 0 Å². The lowest BCUT2D eigenvalue weighted by atomic mass is 9.63. The summed E-state index contributed by atoms with van der Waals surface area (Å²) in [7, 11) is 0. The van der Waals surface area contributed by atoms with Crippen LogP contribution in [-0.2, 0) is 11.8 Å². The van der Waals surface area contributed by atoms with Crippen LogP contribution in [-0.4, -0.2) is 5.11 Å². The Hall–Kier alpha value is -1.24. The van der Waals surface area contributed by atoms with Crippen LogP contribution in [0.1, 0.15) is 56.6 Å². The first-order chi connectivity index (χ1) is 9.23. The van der Waals surface area contributed by atoms with E-state index in [1.807, 2.05) is 12.1 Å². The summed E-state index contributed by atoms with van der Waals surface area (Å²) in [5.74, 6) is 1.26. The summed E-state index contributed by atoms with van der Waals surface area (Å²) >= 11 is 0. The van der Waals surface area contributed by atoms with Gasteiger partial charge >= 0.3 is 0 Å². The summed E-state index contributed by atoms with van der Waals surface area (Å²) in [5, 5.41) is 9.76. The zero-order chi connectivity index (χ0) is 13.0. The maximum Gasteiger partial charge on any atom is 0.115 e. The van der Waals surface area contributed by atoms with Gasteiger partial charge in [-0.1, -0.05) is 24.1 Å². The highest BCUT2D eigenvalue weighted by molar-refractivity contribution is 5.52. The second-order valence-corrected chi connectivity index (χ2v) is 6.69. The molecule has 1 heteroatoms. The highest BCUT2D eigenvalue weighted by Gasteiger charge is 2.50. The van der Waals surface area contributed by atoms with Gasteiger partial charge < -0.3 is 5.11 Å². The molecule has 3 aliphatic rings. The monoisotopic (exact) mass is 254 g/mol. The van der Waals surface area contributed by atoms with Crippen molar-refractivity contribution in [3.63, 3.8) is 0 Å². The number of phenols is 1. The van der Waals surface area contributed by atoms with Gasteiger partial charge in [-0.3, -0.25) is 0 Å². The Morgan fingerprint density at radius 1 is 1.32 bits per heavy atom. The Morgan fingerprint density at radius 3 is 3.05 bits per heavy atom. The van der Waals surface area contributed by atoms with Gasteiger partial charge in [0.05, 0.1) is 0 Å². The van der Waals surface area contributed by atoms with E-state index in [0.29, 0.717) is 11.2 Å². The predicted molar refractivity (Wildman–Crippen MR) is 77.4 cm³/mol. The molecule has 2 bridgehead atoms. The van der Waals surface area contributed by atoms with E-state index in [0.717, 1.165) is 5.92 Å². The van der Waals surface area contributed by atoms with Gasteiger partial charge in [0.1, 0.15) is 5.75 Å². The van der Waals surface area contributed by atoms with Crippen molar-refractivity contribution in [3.05, 3.63) is 40.5 Å². The van der Waals surface area contributed by atoms with Crippen LogP contribution in [0.4, 0.5) is 0 Å². The van der Waals surface area contributed by atoms with Crippen LogP contribution in [0.3, 0.4) is 0 Å². The van der Waals surface area contributed by atoms with E-state index >= 15 is 0 Å². The third-order valence-electron chi connectivity index (χ3n) is 5.76. The maximum absolute atomic E-state index is 9.76. The lowest BCUT2D eigenvalue weighted by Crippen LogP contribution is -2.32. The van der Waals surface area contributed by atoms with Crippen LogP contribution in [0.15, 0.2) is 29.3 Å². The molecule has 100 valence electrons. The number of benzene rings is 1. The standard InChI is InChI=1S/C18H22O/c1-2-13-4-3-7-18-11-12(9-17(13)18)8-14-10-15(19)5-6-16(14)18/h5-6,10,12,19H,2-4,7-9,11H2,1H3/t12-,18?/m1/s1. The topological polar surface area (TPSA) is 20.2 Å². The Bertz CT molecular complexity index is 569. The number of phenolic OH excluding ortho intramolecular Hbond substituents is 1. The molecule has 1 aromatic carbocycles. The lowest BCUT2D eigenvalue weighted by Gasteiger charge is -2.40. The molecule has 2 atom stereocenters. The lowest BCUT2D eigenvalue weighted by molar-refractivity contribution is 0.365. The molecule has 1 aromatic rings. The van der Waals surface area contributed by atoms with Gasteiger partial charge in [0.25, 0.3) is 0 Å². The molecule has 0 aliphatic heterocycles. The van der Waals surface area contributed by atoms with Gasteiger partial charge in [0.2, 0.25) is 0 Å². The molecule has 1 N–H and O–H groups in total. The summed E-state index contributed by atoms with van der Waals surface area (Å²) in [5.41, 5.74) is 6.85. The van der Waals surface area contributed by atoms with Gasteiger partial charge in [-0.15, -0.1) is 0 Å². The minimum atomic E-state index is 0.357. The molecule has 0 heterocycles. The van der Waals surface area contributed by atoms with Crippen LogP contribution >= 0.6 is 0 Å². The highest BCUT2D eigenvalue weighted by Crippen LogP contribution is 2.60. The van der Waals surface area contributed by atoms with Crippen molar-refractivity contribution in [3.8, 4) is 5.75 Å². The number of aromatic hydroxyl groups is 1. The molecule has 0 radical (unpaired) electrons. The first kappa shape index (κ1) is 11.6. The van der Waals surface area contributed by atoms with E-state index in [2.05, 4.69) is 13.0 Å². The molecule has 1 fully saturated rings. The Kier molecular flexibility index (Phi) is 2.36. The van der Waals surface area contributed by atoms with E-state index in [1.165, 1.54) is 50.5 Å². The number of hydrogen-bond donors (Lipinski definition) is 1. The fourth-order valence-corrected chi connectivity index (χ4v) is 5.13. The van der Waals surface area contributed by atoms with Gasteiger partial charge in [0, 0.05) is 5.41 Å². The highest BCUT2D eigenvalue weighted by atomic mass is 16.3. The normalized spacial score (nSPS) is 32.2. The van der Waals surface area contributed by atoms with Crippen molar-refractivity contribution in [2.45, 2.75) is 57.3 Å². The summed E-state index contributed by atoms with van der Waals surface area (Å²) in [6.07, 6.45) is 9.10. The third-order valence-corrected chi connectivity index (χ3v) is 5.76. The molecule has 4 rings (SSSR count). The van der Waals surface area contributed by atoms with Gasteiger partial charge in [0.15, 0.2) is 0 Å². The summed E-state index contributed by atoms with van der Waals surface area (Å²) in [6.45, 7) is 2.32. The Labute approximate surface area is 115 Å². The number of rotatable bonds is 1. The molecule has 0 aromatic heterocycles. The van der Waals surface area contributed by atoms with Crippen LogP contribution in [0.5, 0.6) is 5.75 Å². The van der Waals surface area contributed by atoms with Crippen LogP contribution < -0.4 is 0 Å². The summed E-state index contributed by atoms with van der Waals surface area (Å²) < 4.78 is 0. The van der Waals surface area contributed by atoms with Crippen LogP contribution in [0, 0.1) is 5.92 Å². The van der Waals surface area contributed by atoms with Crippen LogP contribution in [0.2, 0.25) is 0 Å².